The number of ether oxygens (including phenoxy) is 1. The highest BCUT2D eigenvalue weighted by Gasteiger charge is 2.23. The van der Waals surface area contributed by atoms with Crippen LogP contribution in [0.5, 0.6) is 5.88 Å². The Bertz CT molecular complexity index is 591. The molecule has 19 heavy (non-hydrogen) atoms. The van der Waals surface area contributed by atoms with Crippen LogP contribution >= 0.6 is 0 Å². The van der Waals surface area contributed by atoms with Gasteiger partial charge in [-0.1, -0.05) is 0 Å². The molecule has 2 aromatic rings. The summed E-state index contributed by atoms with van der Waals surface area (Å²) in [7, 11) is 3.10. The van der Waals surface area contributed by atoms with Gasteiger partial charge in [0, 0.05) is 13.1 Å². The standard InChI is InChI=1S/C13H14F2N2O2/c1-7-11(13(19-3)17(2)16-7)12(18)8-4-9(14)6-10(15)5-8/h4-6,12,18H,1-3H3. The molecule has 1 heterocycles. The van der Waals surface area contributed by atoms with Crippen LogP contribution in [0.4, 0.5) is 8.78 Å². The highest BCUT2D eigenvalue weighted by molar-refractivity contribution is 5.39. The summed E-state index contributed by atoms with van der Waals surface area (Å²) in [6, 6.07) is 2.92. The van der Waals surface area contributed by atoms with Crippen molar-refractivity contribution in [3.8, 4) is 5.88 Å². The third-order valence-electron chi connectivity index (χ3n) is 2.88. The predicted octanol–water partition coefficient (Wildman–Crippen LogP) is 2.10. The number of benzene rings is 1. The van der Waals surface area contributed by atoms with Crippen molar-refractivity contribution in [1.29, 1.82) is 0 Å². The maximum atomic E-state index is 13.2. The average molecular weight is 268 g/mol. The van der Waals surface area contributed by atoms with Gasteiger partial charge >= 0.3 is 0 Å². The molecule has 1 unspecified atom stereocenters. The van der Waals surface area contributed by atoms with Crippen molar-refractivity contribution in [3.05, 3.63) is 46.7 Å². The van der Waals surface area contributed by atoms with E-state index >= 15 is 0 Å². The molecule has 0 aliphatic rings. The third-order valence-corrected chi connectivity index (χ3v) is 2.88. The van der Waals surface area contributed by atoms with Crippen LogP contribution in [0.3, 0.4) is 0 Å². The molecule has 0 saturated heterocycles. The summed E-state index contributed by atoms with van der Waals surface area (Å²) in [5, 5.41) is 14.4. The van der Waals surface area contributed by atoms with E-state index in [1.54, 1.807) is 14.0 Å². The van der Waals surface area contributed by atoms with E-state index in [2.05, 4.69) is 5.10 Å². The van der Waals surface area contributed by atoms with E-state index < -0.39 is 17.7 Å². The molecule has 0 aliphatic carbocycles. The lowest BCUT2D eigenvalue weighted by Gasteiger charge is -2.13. The summed E-state index contributed by atoms with van der Waals surface area (Å²) >= 11 is 0. The molecule has 0 radical (unpaired) electrons. The Morgan fingerprint density at radius 2 is 1.84 bits per heavy atom. The number of nitrogens with zero attached hydrogens (tertiary/aromatic N) is 2. The first-order chi connectivity index (χ1) is 8.93. The van der Waals surface area contributed by atoms with Gasteiger partial charge < -0.3 is 9.84 Å². The molecule has 0 spiro atoms. The van der Waals surface area contributed by atoms with Crippen molar-refractivity contribution in [1.82, 2.24) is 9.78 Å². The van der Waals surface area contributed by atoms with Gasteiger partial charge in [-0.25, -0.2) is 13.5 Å². The van der Waals surface area contributed by atoms with Crippen molar-refractivity contribution in [2.75, 3.05) is 7.11 Å². The van der Waals surface area contributed by atoms with E-state index in [-0.39, 0.29) is 5.56 Å². The van der Waals surface area contributed by atoms with Crippen molar-refractivity contribution >= 4 is 0 Å². The Morgan fingerprint density at radius 1 is 1.26 bits per heavy atom. The minimum absolute atomic E-state index is 0.118. The molecule has 1 N–H and O–H groups in total. The number of hydrogen-bond acceptors (Lipinski definition) is 3. The van der Waals surface area contributed by atoms with Gasteiger partial charge in [-0.05, 0) is 24.6 Å². The average Bonchev–Trinajstić information content (AvgIpc) is 2.61. The van der Waals surface area contributed by atoms with Gasteiger partial charge in [0.2, 0.25) is 5.88 Å². The number of aromatic nitrogens is 2. The number of aryl methyl sites for hydroxylation is 2. The topological polar surface area (TPSA) is 47.3 Å². The molecule has 4 nitrogen and oxygen atoms in total. The summed E-state index contributed by atoms with van der Waals surface area (Å²) < 4.78 is 33.0. The van der Waals surface area contributed by atoms with Crippen LogP contribution in [-0.2, 0) is 7.05 Å². The zero-order valence-electron chi connectivity index (χ0n) is 10.8. The number of aliphatic hydroxyl groups excluding tert-OH is 1. The van der Waals surface area contributed by atoms with Gasteiger partial charge in [0.15, 0.2) is 0 Å². The van der Waals surface area contributed by atoms with Gasteiger partial charge in [0.1, 0.15) is 17.7 Å². The Labute approximate surface area is 109 Å². The van der Waals surface area contributed by atoms with Crippen LogP contribution in [-0.4, -0.2) is 22.0 Å². The molecule has 2 rings (SSSR count). The normalized spacial score (nSPS) is 12.5. The summed E-state index contributed by atoms with van der Waals surface area (Å²) in [5.74, 6) is -1.13. The van der Waals surface area contributed by atoms with Crippen molar-refractivity contribution < 1.29 is 18.6 Å². The second-order valence-corrected chi connectivity index (χ2v) is 4.24. The Hall–Kier alpha value is -1.95. The molecule has 0 saturated carbocycles. The molecular formula is C13H14F2N2O2. The summed E-state index contributed by atoms with van der Waals surface area (Å²) in [4.78, 5) is 0. The molecule has 1 aromatic carbocycles. The number of hydrogen-bond donors (Lipinski definition) is 1. The highest BCUT2D eigenvalue weighted by Crippen LogP contribution is 2.32. The van der Waals surface area contributed by atoms with E-state index in [4.69, 9.17) is 4.74 Å². The smallest absolute Gasteiger partial charge is 0.217 e. The summed E-state index contributed by atoms with van der Waals surface area (Å²) in [6.07, 6.45) is -1.20. The first-order valence-corrected chi connectivity index (χ1v) is 5.65. The van der Waals surface area contributed by atoms with Crippen LogP contribution in [0.1, 0.15) is 22.9 Å². The van der Waals surface area contributed by atoms with E-state index in [1.165, 1.54) is 11.8 Å². The molecule has 0 fully saturated rings. The zero-order chi connectivity index (χ0) is 14.2. The van der Waals surface area contributed by atoms with Crippen LogP contribution < -0.4 is 4.74 Å². The molecule has 1 atom stereocenters. The first kappa shape index (κ1) is 13.5. The number of halogens is 2. The monoisotopic (exact) mass is 268 g/mol. The van der Waals surface area contributed by atoms with Gasteiger partial charge in [0.05, 0.1) is 18.4 Å². The molecule has 0 aliphatic heterocycles. The number of methoxy groups -OCH3 is 1. The number of rotatable bonds is 3. The second-order valence-electron chi connectivity index (χ2n) is 4.24. The second kappa shape index (κ2) is 4.97. The van der Waals surface area contributed by atoms with E-state index in [1.807, 2.05) is 0 Å². The third kappa shape index (κ3) is 2.44. The fourth-order valence-corrected chi connectivity index (χ4v) is 2.11. The van der Waals surface area contributed by atoms with Gasteiger partial charge in [-0.2, -0.15) is 5.10 Å². The van der Waals surface area contributed by atoms with Crippen molar-refractivity contribution in [2.45, 2.75) is 13.0 Å². The van der Waals surface area contributed by atoms with Crippen LogP contribution in [0.25, 0.3) is 0 Å². The fourth-order valence-electron chi connectivity index (χ4n) is 2.11. The first-order valence-electron chi connectivity index (χ1n) is 5.65. The minimum Gasteiger partial charge on any atom is -0.481 e. The Kier molecular flexibility index (Phi) is 3.53. The summed E-state index contributed by atoms with van der Waals surface area (Å²) in [5.41, 5.74) is 1.05. The Morgan fingerprint density at radius 3 is 2.37 bits per heavy atom. The lowest BCUT2D eigenvalue weighted by Crippen LogP contribution is -2.04. The molecule has 6 heteroatoms. The quantitative estimate of drug-likeness (QED) is 0.927. The lowest BCUT2D eigenvalue weighted by molar-refractivity contribution is 0.212. The molecule has 102 valence electrons. The molecule has 1 aromatic heterocycles. The minimum atomic E-state index is -1.20. The highest BCUT2D eigenvalue weighted by atomic mass is 19.1. The van der Waals surface area contributed by atoms with Crippen LogP contribution in [0.15, 0.2) is 18.2 Å². The maximum Gasteiger partial charge on any atom is 0.217 e. The van der Waals surface area contributed by atoms with Crippen LogP contribution in [0.2, 0.25) is 0 Å². The van der Waals surface area contributed by atoms with Crippen molar-refractivity contribution in [3.63, 3.8) is 0 Å². The van der Waals surface area contributed by atoms with E-state index in [0.29, 0.717) is 17.1 Å². The molecule has 0 bridgehead atoms. The van der Waals surface area contributed by atoms with Gasteiger partial charge in [-0.3, -0.25) is 0 Å². The van der Waals surface area contributed by atoms with Crippen molar-refractivity contribution in [2.24, 2.45) is 7.05 Å². The molecule has 0 amide bonds. The van der Waals surface area contributed by atoms with Gasteiger partial charge in [0.25, 0.3) is 0 Å². The maximum absolute atomic E-state index is 13.2. The van der Waals surface area contributed by atoms with Gasteiger partial charge in [-0.15, -0.1) is 0 Å². The zero-order valence-corrected chi connectivity index (χ0v) is 10.8. The van der Waals surface area contributed by atoms with E-state index in [0.717, 1.165) is 18.2 Å². The SMILES string of the molecule is COc1c(C(O)c2cc(F)cc(F)c2)c(C)nn1C. The van der Waals surface area contributed by atoms with E-state index in [9.17, 15) is 13.9 Å². The Balaban J connectivity index is 2.52. The number of aliphatic hydroxyl groups is 1. The summed E-state index contributed by atoms with van der Waals surface area (Å²) in [6.45, 7) is 1.69. The lowest BCUT2D eigenvalue weighted by atomic mass is 10.0. The fraction of sp³-hybridized carbons (Fsp3) is 0.308. The molecular weight excluding hydrogens is 254 g/mol. The predicted molar refractivity (Wildman–Crippen MR) is 64.9 cm³/mol. The largest absolute Gasteiger partial charge is 0.481 e. The van der Waals surface area contributed by atoms with Crippen LogP contribution in [0, 0.1) is 18.6 Å².